The Morgan fingerprint density at radius 3 is 2.78 bits per heavy atom. The van der Waals surface area contributed by atoms with E-state index in [0.717, 1.165) is 55.1 Å². The van der Waals surface area contributed by atoms with Gasteiger partial charge in [0, 0.05) is 30.4 Å². The van der Waals surface area contributed by atoms with E-state index in [9.17, 15) is 9.18 Å². The van der Waals surface area contributed by atoms with E-state index in [1.165, 1.54) is 12.1 Å². The van der Waals surface area contributed by atoms with Crippen molar-refractivity contribution in [3.8, 4) is 5.69 Å². The van der Waals surface area contributed by atoms with Gasteiger partial charge in [-0.1, -0.05) is 0 Å². The van der Waals surface area contributed by atoms with Gasteiger partial charge in [0.2, 0.25) is 5.91 Å². The summed E-state index contributed by atoms with van der Waals surface area (Å²) < 4.78 is 14.9. The maximum Gasteiger partial charge on any atom is 0.246 e. The van der Waals surface area contributed by atoms with Gasteiger partial charge in [0.15, 0.2) is 0 Å². The van der Waals surface area contributed by atoms with E-state index in [1.807, 2.05) is 31.9 Å². The third-order valence-electron chi connectivity index (χ3n) is 5.13. The molecule has 1 N–H and O–H groups in total. The third kappa shape index (κ3) is 4.45. The molecule has 1 amide bonds. The number of benzene rings is 1. The Hall–Kier alpha value is -2.47. The Morgan fingerprint density at radius 2 is 2.07 bits per heavy atom. The van der Waals surface area contributed by atoms with Crippen molar-refractivity contribution in [3.63, 3.8) is 0 Å². The Kier molecular flexibility index (Phi) is 6.06. The lowest BCUT2D eigenvalue weighted by atomic mass is 9.98. The molecule has 0 radical (unpaired) electrons. The van der Waals surface area contributed by atoms with E-state index in [2.05, 4.69) is 10.4 Å². The van der Waals surface area contributed by atoms with E-state index in [0.29, 0.717) is 5.92 Å². The zero-order valence-electron chi connectivity index (χ0n) is 16.2. The fourth-order valence-electron chi connectivity index (χ4n) is 3.71. The highest BCUT2D eigenvalue weighted by molar-refractivity contribution is 5.92. The number of aromatic nitrogens is 2. The molecular formula is C21H27FN4O. The van der Waals surface area contributed by atoms with Crippen molar-refractivity contribution in [2.75, 3.05) is 26.7 Å². The second-order valence-electron chi connectivity index (χ2n) is 7.16. The van der Waals surface area contributed by atoms with Gasteiger partial charge in [-0.15, -0.1) is 0 Å². The lowest BCUT2D eigenvalue weighted by Crippen LogP contribution is -2.41. The molecule has 0 bridgehead atoms. The van der Waals surface area contributed by atoms with Crippen LogP contribution in [-0.2, 0) is 4.79 Å². The van der Waals surface area contributed by atoms with Gasteiger partial charge in [-0.05, 0) is 76.5 Å². The highest BCUT2D eigenvalue weighted by Gasteiger charge is 2.22. The molecule has 1 aliphatic heterocycles. The van der Waals surface area contributed by atoms with Crippen molar-refractivity contribution in [1.29, 1.82) is 0 Å². The first-order valence-electron chi connectivity index (χ1n) is 9.43. The minimum absolute atomic E-state index is 0.0455. The summed E-state index contributed by atoms with van der Waals surface area (Å²) in [6.07, 6.45) is 5.71. The summed E-state index contributed by atoms with van der Waals surface area (Å²) in [5.74, 6) is 0.291. The van der Waals surface area contributed by atoms with Crippen molar-refractivity contribution in [1.82, 2.24) is 20.0 Å². The van der Waals surface area contributed by atoms with E-state index < -0.39 is 0 Å². The predicted molar refractivity (Wildman–Crippen MR) is 105 cm³/mol. The summed E-state index contributed by atoms with van der Waals surface area (Å²) in [5.41, 5.74) is 3.49. The number of halogens is 1. The number of hydrogen-bond donors (Lipinski definition) is 1. The first-order valence-corrected chi connectivity index (χ1v) is 9.43. The Bertz CT molecular complexity index is 823. The molecule has 1 unspecified atom stereocenters. The molecule has 144 valence electrons. The SMILES string of the molecule is CNCC1CCCN(C(=O)C=Cc2c(C)nn(-c3ccc(F)cc3)c2C)C1. The molecule has 0 saturated carbocycles. The lowest BCUT2D eigenvalue weighted by molar-refractivity contribution is -0.127. The van der Waals surface area contributed by atoms with Crippen LogP contribution in [0.2, 0.25) is 0 Å². The normalized spacial score (nSPS) is 17.6. The lowest BCUT2D eigenvalue weighted by Gasteiger charge is -2.32. The smallest absolute Gasteiger partial charge is 0.246 e. The number of nitrogens with one attached hydrogen (secondary N) is 1. The Balaban J connectivity index is 1.75. The molecule has 1 aliphatic rings. The zero-order valence-corrected chi connectivity index (χ0v) is 16.2. The predicted octanol–water partition coefficient (Wildman–Crippen LogP) is 3.10. The number of aryl methyl sites for hydroxylation is 1. The second kappa shape index (κ2) is 8.48. The monoisotopic (exact) mass is 370 g/mol. The fraction of sp³-hybridized carbons (Fsp3) is 0.429. The van der Waals surface area contributed by atoms with Crippen molar-refractivity contribution >= 4 is 12.0 Å². The number of hydrogen-bond acceptors (Lipinski definition) is 3. The van der Waals surface area contributed by atoms with Crippen molar-refractivity contribution in [2.45, 2.75) is 26.7 Å². The molecule has 27 heavy (non-hydrogen) atoms. The van der Waals surface area contributed by atoms with Crippen molar-refractivity contribution in [3.05, 3.63) is 53.1 Å². The van der Waals surface area contributed by atoms with Crippen LogP contribution in [0.4, 0.5) is 4.39 Å². The molecule has 2 heterocycles. The molecule has 3 rings (SSSR count). The van der Waals surface area contributed by atoms with Gasteiger partial charge in [-0.3, -0.25) is 4.79 Å². The van der Waals surface area contributed by atoms with Gasteiger partial charge in [0.05, 0.1) is 11.4 Å². The maximum atomic E-state index is 13.2. The molecule has 0 aliphatic carbocycles. The van der Waals surface area contributed by atoms with Gasteiger partial charge in [0.25, 0.3) is 0 Å². The zero-order chi connectivity index (χ0) is 19.4. The summed E-state index contributed by atoms with van der Waals surface area (Å²) in [6, 6.07) is 6.23. The molecule has 1 saturated heterocycles. The number of likely N-dealkylation sites (tertiary alicyclic amines) is 1. The molecule has 1 aromatic heterocycles. The fourth-order valence-corrected chi connectivity index (χ4v) is 3.71. The molecular weight excluding hydrogens is 343 g/mol. The summed E-state index contributed by atoms with van der Waals surface area (Å²) in [5, 5.41) is 7.75. The van der Waals surface area contributed by atoms with Crippen LogP contribution in [0.15, 0.2) is 30.3 Å². The summed E-state index contributed by atoms with van der Waals surface area (Å²) in [6.45, 7) is 6.43. The first kappa shape index (κ1) is 19.3. The van der Waals surface area contributed by atoms with Gasteiger partial charge in [-0.25, -0.2) is 9.07 Å². The highest BCUT2D eigenvalue weighted by atomic mass is 19.1. The number of carbonyl (C=O) groups is 1. The van der Waals surface area contributed by atoms with Gasteiger partial charge in [0.1, 0.15) is 5.82 Å². The van der Waals surface area contributed by atoms with Crippen LogP contribution >= 0.6 is 0 Å². The van der Waals surface area contributed by atoms with Crippen LogP contribution in [-0.4, -0.2) is 47.3 Å². The second-order valence-corrected chi connectivity index (χ2v) is 7.16. The molecule has 1 aromatic carbocycles. The number of carbonyl (C=O) groups excluding carboxylic acids is 1. The number of nitrogens with zero attached hydrogens (tertiary/aromatic N) is 3. The summed E-state index contributed by atoms with van der Waals surface area (Å²) >= 11 is 0. The van der Waals surface area contributed by atoms with Crippen LogP contribution in [0.1, 0.15) is 29.8 Å². The van der Waals surface area contributed by atoms with Crippen LogP contribution in [0, 0.1) is 25.6 Å². The average molecular weight is 370 g/mol. The van der Waals surface area contributed by atoms with E-state index in [4.69, 9.17) is 0 Å². The minimum atomic E-state index is -0.274. The highest BCUT2D eigenvalue weighted by Crippen LogP contribution is 2.20. The average Bonchev–Trinajstić information content (AvgIpc) is 2.95. The van der Waals surface area contributed by atoms with E-state index in [1.54, 1.807) is 22.9 Å². The molecule has 5 nitrogen and oxygen atoms in total. The van der Waals surface area contributed by atoms with Gasteiger partial charge in [-0.2, -0.15) is 5.10 Å². The van der Waals surface area contributed by atoms with Crippen LogP contribution in [0.25, 0.3) is 11.8 Å². The Labute approximate surface area is 159 Å². The molecule has 1 fully saturated rings. The standard InChI is InChI=1S/C21H27FN4O/c1-15-20(16(2)26(24-15)19-8-6-18(22)7-9-19)10-11-21(27)25-12-4-5-17(14-25)13-23-3/h6-11,17,23H,4-5,12-14H2,1-3H3. The van der Waals surface area contributed by atoms with Crippen LogP contribution in [0.5, 0.6) is 0 Å². The van der Waals surface area contributed by atoms with Crippen LogP contribution in [0.3, 0.4) is 0 Å². The van der Waals surface area contributed by atoms with Gasteiger partial charge >= 0.3 is 0 Å². The van der Waals surface area contributed by atoms with Crippen LogP contribution < -0.4 is 5.32 Å². The van der Waals surface area contributed by atoms with Gasteiger partial charge < -0.3 is 10.2 Å². The first-order chi connectivity index (χ1) is 13.0. The summed E-state index contributed by atoms with van der Waals surface area (Å²) in [4.78, 5) is 14.5. The summed E-state index contributed by atoms with van der Waals surface area (Å²) in [7, 11) is 1.95. The number of rotatable bonds is 5. The number of amides is 1. The minimum Gasteiger partial charge on any atom is -0.339 e. The molecule has 2 aromatic rings. The largest absolute Gasteiger partial charge is 0.339 e. The molecule has 0 spiro atoms. The molecule has 6 heteroatoms. The van der Waals surface area contributed by atoms with E-state index >= 15 is 0 Å². The number of piperidine rings is 1. The van der Waals surface area contributed by atoms with Crippen molar-refractivity contribution in [2.24, 2.45) is 5.92 Å². The Morgan fingerprint density at radius 1 is 1.33 bits per heavy atom. The topological polar surface area (TPSA) is 50.2 Å². The maximum absolute atomic E-state index is 13.2. The van der Waals surface area contributed by atoms with Crippen molar-refractivity contribution < 1.29 is 9.18 Å². The molecule has 1 atom stereocenters. The third-order valence-corrected chi connectivity index (χ3v) is 5.13. The quantitative estimate of drug-likeness (QED) is 0.823. The van der Waals surface area contributed by atoms with E-state index in [-0.39, 0.29) is 11.7 Å².